The van der Waals surface area contributed by atoms with Crippen molar-refractivity contribution in [3.8, 4) is 0 Å². The summed E-state index contributed by atoms with van der Waals surface area (Å²) in [6.07, 6.45) is 3.34. The fourth-order valence-corrected chi connectivity index (χ4v) is 2.73. The third-order valence-corrected chi connectivity index (χ3v) is 3.64. The van der Waals surface area contributed by atoms with Gasteiger partial charge in [-0.05, 0) is 26.0 Å². The van der Waals surface area contributed by atoms with E-state index in [9.17, 15) is 0 Å². The zero-order chi connectivity index (χ0) is 14.2. The summed E-state index contributed by atoms with van der Waals surface area (Å²) in [5.41, 5.74) is 1.23. The number of halogens is 1. The van der Waals surface area contributed by atoms with Crippen LogP contribution in [0.3, 0.4) is 0 Å². The number of alkyl halides is 1. The molecule has 2 aromatic rings. The first-order valence-electron chi connectivity index (χ1n) is 6.64. The minimum Gasteiger partial charge on any atom is -0.367 e. The van der Waals surface area contributed by atoms with Crippen molar-refractivity contribution >= 4 is 28.6 Å². The molecule has 3 heterocycles. The van der Waals surface area contributed by atoms with E-state index in [1.165, 1.54) is 0 Å². The molecule has 106 valence electrons. The number of nitrogens with zero attached hydrogens (tertiary/aromatic N) is 4. The molecule has 3 rings (SSSR count). The number of hydrogen-bond donors (Lipinski definition) is 0. The lowest BCUT2D eigenvalue weighted by Gasteiger charge is -2.42. The second kappa shape index (κ2) is 5.14. The second-order valence-corrected chi connectivity index (χ2v) is 5.91. The molecule has 1 atom stereocenters. The quantitative estimate of drug-likeness (QED) is 0.795. The minimum atomic E-state index is -0.239. The first-order chi connectivity index (χ1) is 9.57. The fraction of sp³-hybridized carbons (Fsp3) is 0.500. The van der Waals surface area contributed by atoms with Gasteiger partial charge < -0.3 is 9.64 Å². The van der Waals surface area contributed by atoms with Gasteiger partial charge in [-0.1, -0.05) is 0 Å². The standard InChI is InChI=1S/C14H17ClN4O/c1-14(2)9-19(8-10(7-15)20-14)12-4-3-11-13(18-12)17-6-5-16-11/h3-6,10H,7-9H2,1-2H3. The number of rotatable bonds is 2. The van der Waals surface area contributed by atoms with E-state index in [1.807, 2.05) is 12.1 Å². The van der Waals surface area contributed by atoms with Gasteiger partial charge in [0.2, 0.25) is 0 Å². The van der Waals surface area contributed by atoms with Gasteiger partial charge in [-0.2, -0.15) is 0 Å². The fourth-order valence-electron chi connectivity index (χ4n) is 2.57. The first kappa shape index (κ1) is 13.5. The van der Waals surface area contributed by atoms with Crippen molar-refractivity contribution in [2.75, 3.05) is 23.9 Å². The number of anilines is 1. The molecular formula is C14H17ClN4O. The zero-order valence-corrected chi connectivity index (χ0v) is 12.3. The number of pyridine rings is 1. The average molecular weight is 293 g/mol. The largest absolute Gasteiger partial charge is 0.367 e. The summed E-state index contributed by atoms with van der Waals surface area (Å²) in [6.45, 7) is 5.66. The maximum Gasteiger partial charge on any atom is 0.180 e. The Kier molecular flexibility index (Phi) is 3.48. The molecule has 0 bridgehead atoms. The summed E-state index contributed by atoms with van der Waals surface area (Å²) in [4.78, 5) is 15.3. The van der Waals surface area contributed by atoms with Crippen molar-refractivity contribution < 1.29 is 4.74 Å². The van der Waals surface area contributed by atoms with Crippen molar-refractivity contribution in [3.63, 3.8) is 0 Å². The van der Waals surface area contributed by atoms with Crippen LogP contribution in [0.1, 0.15) is 13.8 Å². The van der Waals surface area contributed by atoms with Gasteiger partial charge in [0, 0.05) is 25.5 Å². The Balaban J connectivity index is 1.93. The smallest absolute Gasteiger partial charge is 0.180 e. The number of aromatic nitrogens is 3. The summed E-state index contributed by atoms with van der Waals surface area (Å²) in [5.74, 6) is 1.37. The number of morpholine rings is 1. The lowest BCUT2D eigenvalue weighted by atomic mass is 10.1. The number of ether oxygens (including phenoxy) is 1. The number of hydrogen-bond acceptors (Lipinski definition) is 5. The summed E-state index contributed by atoms with van der Waals surface area (Å²) in [5, 5.41) is 0. The Morgan fingerprint density at radius 1 is 1.35 bits per heavy atom. The highest BCUT2D eigenvalue weighted by Crippen LogP contribution is 2.26. The summed E-state index contributed by atoms with van der Waals surface area (Å²) < 4.78 is 5.93. The molecule has 2 aromatic heterocycles. The van der Waals surface area contributed by atoms with Gasteiger partial charge in [-0.15, -0.1) is 11.6 Å². The Hall–Kier alpha value is -1.46. The molecule has 1 unspecified atom stereocenters. The van der Waals surface area contributed by atoms with E-state index >= 15 is 0 Å². The monoisotopic (exact) mass is 292 g/mol. The molecule has 1 aliphatic rings. The maximum absolute atomic E-state index is 5.96. The SMILES string of the molecule is CC1(C)CN(c2ccc3nccnc3n2)CC(CCl)O1. The molecule has 0 aliphatic carbocycles. The Morgan fingerprint density at radius 2 is 2.15 bits per heavy atom. The molecule has 0 radical (unpaired) electrons. The van der Waals surface area contributed by atoms with E-state index < -0.39 is 0 Å². The topological polar surface area (TPSA) is 51.1 Å². The van der Waals surface area contributed by atoms with Crippen LogP contribution in [0.4, 0.5) is 5.82 Å². The third kappa shape index (κ3) is 2.69. The van der Waals surface area contributed by atoms with Gasteiger partial charge in [0.05, 0.1) is 17.6 Å². The molecule has 0 N–H and O–H groups in total. The van der Waals surface area contributed by atoms with Crippen molar-refractivity contribution in [1.29, 1.82) is 0 Å². The lowest BCUT2D eigenvalue weighted by molar-refractivity contribution is -0.0736. The summed E-state index contributed by atoms with van der Waals surface area (Å²) in [6, 6.07) is 3.92. The van der Waals surface area contributed by atoms with Crippen LogP contribution in [0.5, 0.6) is 0 Å². The summed E-state index contributed by atoms with van der Waals surface area (Å²) >= 11 is 5.96. The highest BCUT2D eigenvalue weighted by Gasteiger charge is 2.33. The first-order valence-corrected chi connectivity index (χ1v) is 7.17. The molecule has 1 fully saturated rings. The molecule has 0 spiro atoms. The highest BCUT2D eigenvalue weighted by atomic mass is 35.5. The van der Waals surface area contributed by atoms with Crippen LogP contribution in [-0.2, 0) is 4.74 Å². The predicted octanol–water partition coefficient (Wildman–Crippen LogP) is 2.25. The van der Waals surface area contributed by atoms with Gasteiger partial charge in [0.1, 0.15) is 11.3 Å². The van der Waals surface area contributed by atoms with Gasteiger partial charge in [-0.3, -0.25) is 4.98 Å². The van der Waals surface area contributed by atoms with Crippen molar-refractivity contribution in [2.24, 2.45) is 0 Å². The molecule has 5 nitrogen and oxygen atoms in total. The number of fused-ring (bicyclic) bond motifs is 1. The molecular weight excluding hydrogens is 276 g/mol. The molecule has 0 saturated carbocycles. The van der Waals surface area contributed by atoms with E-state index in [0.717, 1.165) is 24.4 Å². The molecule has 1 saturated heterocycles. The normalized spacial score (nSPS) is 22.1. The Morgan fingerprint density at radius 3 is 2.95 bits per heavy atom. The van der Waals surface area contributed by atoms with E-state index in [0.29, 0.717) is 11.5 Å². The minimum absolute atomic E-state index is 0.0137. The van der Waals surface area contributed by atoms with E-state index in [-0.39, 0.29) is 11.7 Å². The maximum atomic E-state index is 5.96. The van der Waals surface area contributed by atoms with Crippen LogP contribution >= 0.6 is 11.6 Å². The van der Waals surface area contributed by atoms with E-state index in [4.69, 9.17) is 16.3 Å². The van der Waals surface area contributed by atoms with Gasteiger partial charge in [0.25, 0.3) is 0 Å². The predicted molar refractivity (Wildman–Crippen MR) is 79.2 cm³/mol. The van der Waals surface area contributed by atoms with Crippen LogP contribution in [0, 0.1) is 0 Å². The van der Waals surface area contributed by atoms with E-state index in [2.05, 4.69) is 33.7 Å². The average Bonchev–Trinajstić information content (AvgIpc) is 2.45. The second-order valence-electron chi connectivity index (χ2n) is 5.60. The molecule has 0 amide bonds. The van der Waals surface area contributed by atoms with Crippen LogP contribution < -0.4 is 4.90 Å². The van der Waals surface area contributed by atoms with Crippen molar-refractivity contribution in [2.45, 2.75) is 25.6 Å². The van der Waals surface area contributed by atoms with Crippen LogP contribution in [0.15, 0.2) is 24.5 Å². The third-order valence-electron chi connectivity index (χ3n) is 3.29. The van der Waals surface area contributed by atoms with E-state index in [1.54, 1.807) is 12.4 Å². The molecule has 0 aromatic carbocycles. The lowest BCUT2D eigenvalue weighted by Crippen LogP contribution is -2.53. The van der Waals surface area contributed by atoms with Crippen LogP contribution in [0.25, 0.3) is 11.2 Å². The van der Waals surface area contributed by atoms with Crippen molar-refractivity contribution in [3.05, 3.63) is 24.5 Å². The molecule has 1 aliphatic heterocycles. The highest BCUT2D eigenvalue weighted by molar-refractivity contribution is 6.18. The van der Waals surface area contributed by atoms with Gasteiger partial charge in [0.15, 0.2) is 5.65 Å². The summed E-state index contributed by atoms with van der Waals surface area (Å²) in [7, 11) is 0. The molecule has 20 heavy (non-hydrogen) atoms. The van der Waals surface area contributed by atoms with Crippen LogP contribution in [-0.4, -0.2) is 45.6 Å². The van der Waals surface area contributed by atoms with Gasteiger partial charge in [-0.25, -0.2) is 9.97 Å². The zero-order valence-electron chi connectivity index (χ0n) is 11.6. The molecule has 6 heteroatoms. The van der Waals surface area contributed by atoms with Crippen molar-refractivity contribution in [1.82, 2.24) is 15.0 Å². The van der Waals surface area contributed by atoms with Gasteiger partial charge >= 0.3 is 0 Å². The Bertz CT molecular complexity index is 619. The van der Waals surface area contributed by atoms with Crippen LogP contribution in [0.2, 0.25) is 0 Å². The Labute approximate surface area is 122 Å².